The van der Waals surface area contributed by atoms with E-state index >= 15 is 0 Å². The van der Waals surface area contributed by atoms with Crippen LogP contribution in [0.1, 0.15) is 12.5 Å². The minimum atomic E-state index is -0.739. The van der Waals surface area contributed by atoms with Crippen molar-refractivity contribution in [2.75, 3.05) is 14.2 Å². The molecule has 1 aromatic rings. The molecule has 21 heavy (non-hydrogen) atoms. The number of halogens is 1. The molecule has 1 rings (SSSR count). The summed E-state index contributed by atoms with van der Waals surface area (Å²) in [6, 6.07) is 4.87. The number of hydrogen-bond donors (Lipinski definition) is 0. The van der Waals surface area contributed by atoms with Crippen molar-refractivity contribution in [2.45, 2.75) is 6.92 Å². The highest BCUT2D eigenvalue weighted by atomic mass is 79.9. The predicted octanol–water partition coefficient (Wildman–Crippen LogP) is 2.46. The zero-order chi connectivity index (χ0) is 16.0. The molecule has 0 atom stereocenters. The summed E-state index contributed by atoms with van der Waals surface area (Å²) in [5.74, 6) is -0.729. The molecule has 6 nitrogen and oxygen atoms in total. The Hall–Kier alpha value is -2.33. The first-order valence-electron chi connectivity index (χ1n) is 5.69. The molecular weight excluding hydrogens is 342 g/mol. The summed E-state index contributed by atoms with van der Waals surface area (Å²) in [6.07, 6.45) is 1.34. The number of ether oxygens (including phenoxy) is 3. The third kappa shape index (κ3) is 4.33. The normalized spacial score (nSPS) is 10.5. The summed E-state index contributed by atoms with van der Waals surface area (Å²) in [6.45, 7) is 1.27. The van der Waals surface area contributed by atoms with Gasteiger partial charge in [-0.2, -0.15) is 5.26 Å². The minimum Gasteiger partial charge on any atom is -0.493 e. The van der Waals surface area contributed by atoms with Crippen LogP contribution in [0.3, 0.4) is 0 Å². The molecule has 0 N–H and O–H groups in total. The van der Waals surface area contributed by atoms with Gasteiger partial charge in [-0.25, -0.2) is 4.79 Å². The van der Waals surface area contributed by atoms with E-state index in [1.165, 1.54) is 33.3 Å². The van der Waals surface area contributed by atoms with Crippen LogP contribution in [0.25, 0.3) is 6.08 Å². The van der Waals surface area contributed by atoms with Gasteiger partial charge < -0.3 is 14.2 Å². The summed E-state index contributed by atoms with van der Waals surface area (Å²) in [7, 11) is 2.60. The second kappa shape index (κ2) is 7.45. The van der Waals surface area contributed by atoms with Crippen molar-refractivity contribution in [1.82, 2.24) is 0 Å². The van der Waals surface area contributed by atoms with E-state index in [9.17, 15) is 9.59 Å². The fourth-order valence-corrected chi connectivity index (χ4v) is 2.02. The lowest BCUT2D eigenvalue weighted by Gasteiger charge is -2.11. The Labute approximate surface area is 130 Å². The zero-order valence-electron chi connectivity index (χ0n) is 11.6. The number of esters is 2. The number of carbonyl (C=O) groups excluding carboxylic acids is 2. The third-order valence-corrected chi connectivity index (χ3v) is 2.92. The molecule has 0 aliphatic rings. The summed E-state index contributed by atoms with van der Waals surface area (Å²) in [4.78, 5) is 22.4. The van der Waals surface area contributed by atoms with Crippen molar-refractivity contribution in [3.63, 3.8) is 0 Å². The van der Waals surface area contributed by atoms with Gasteiger partial charge in [-0.3, -0.25) is 4.79 Å². The van der Waals surface area contributed by atoms with Crippen molar-refractivity contribution >= 4 is 33.9 Å². The van der Waals surface area contributed by atoms with Gasteiger partial charge in [0.25, 0.3) is 0 Å². The molecule has 7 heteroatoms. The Morgan fingerprint density at radius 2 is 2.00 bits per heavy atom. The second-order valence-corrected chi connectivity index (χ2v) is 4.64. The highest BCUT2D eigenvalue weighted by molar-refractivity contribution is 9.10. The molecule has 0 bridgehead atoms. The first-order valence-corrected chi connectivity index (χ1v) is 6.48. The van der Waals surface area contributed by atoms with E-state index in [2.05, 4.69) is 20.7 Å². The van der Waals surface area contributed by atoms with Gasteiger partial charge in [-0.1, -0.05) is 0 Å². The van der Waals surface area contributed by atoms with Crippen LogP contribution in [0.5, 0.6) is 11.5 Å². The minimum absolute atomic E-state index is 0.160. The molecule has 0 saturated carbocycles. The molecule has 0 aliphatic carbocycles. The lowest BCUT2D eigenvalue weighted by atomic mass is 10.1. The fraction of sp³-hybridized carbons (Fsp3) is 0.214. The van der Waals surface area contributed by atoms with Gasteiger partial charge in [0.1, 0.15) is 11.6 Å². The Kier molecular flexibility index (Phi) is 5.93. The van der Waals surface area contributed by atoms with Crippen LogP contribution < -0.4 is 9.47 Å². The quantitative estimate of drug-likeness (QED) is 0.357. The van der Waals surface area contributed by atoms with Crippen molar-refractivity contribution in [1.29, 1.82) is 5.26 Å². The molecule has 110 valence electrons. The predicted molar refractivity (Wildman–Crippen MR) is 77.6 cm³/mol. The first kappa shape index (κ1) is 16.7. The Bertz CT molecular complexity index is 645. The summed E-state index contributed by atoms with van der Waals surface area (Å²) in [5.41, 5.74) is 0.350. The largest absolute Gasteiger partial charge is 0.493 e. The van der Waals surface area contributed by atoms with Gasteiger partial charge >= 0.3 is 11.9 Å². The average molecular weight is 354 g/mol. The van der Waals surface area contributed by atoms with Gasteiger partial charge in [0.05, 0.1) is 18.7 Å². The number of carbonyl (C=O) groups is 2. The number of methoxy groups -OCH3 is 2. The van der Waals surface area contributed by atoms with E-state index in [0.717, 1.165) is 0 Å². The first-order chi connectivity index (χ1) is 9.92. The topological polar surface area (TPSA) is 85.6 Å². The van der Waals surface area contributed by atoms with E-state index in [0.29, 0.717) is 10.0 Å². The van der Waals surface area contributed by atoms with E-state index in [1.807, 2.05) is 0 Å². The number of benzene rings is 1. The van der Waals surface area contributed by atoms with Crippen LogP contribution in [-0.4, -0.2) is 26.2 Å². The molecule has 0 fully saturated rings. The average Bonchev–Trinajstić information content (AvgIpc) is 2.45. The summed E-state index contributed by atoms with van der Waals surface area (Å²) >= 11 is 3.25. The second-order valence-electron chi connectivity index (χ2n) is 3.79. The maximum atomic E-state index is 11.4. The van der Waals surface area contributed by atoms with Crippen molar-refractivity contribution < 1.29 is 23.8 Å². The maximum absolute atomic E-state index is 11.4. The van der Waals surface area contributed by atoms with Crippen molar-refractivity contribution in [2.24, 2.45) is 0 Å². The Morgan fingerprint density at radius 3 is 2.48 bits per heavy atom. The van der Waals surface area contributed by atoms with Gasteiger partial charge in [-0.15, -0.1) is 0 Å². The molecule has 0 amide bonds. The SMILES string of the molecule is COC(=O)C(C#N)=Cc1cc(Br)c(OC(C)=O)c(OC)c1. The molecule has 0 heterocycles. The molecule has 0 aromatic heterocycles. The van der Waals surface area contributed by atoms with Gasteiger partial charge in [-0.05, 0) is 39.7 Å². The van der Waals surface area contributed by atoms with Gasteiger partial charge in [0.2, 0.25) is 0 Å². The number of hydrogen-bond acceptors (Lipinski definition) is 6. The van der Waals surface area contributed by atoms with E-state index < -0.39 is 11.9 Å². The summed E-state index contributed by atoms with van der Waals surface area (Å²) < 4.78 is 15.1. The van der Waals surface area contributed by atoms with Crippen LogP contribution in [0.2, 0.25) is 0 Å². The van der Waals surface area contributed by atoms with Crippen LogP contribution in [0, 0.1) is 11.3 Å². The zero-order valence-corrected chi connectivity index (χ0v) is 13.2. The van der Waals surface area contributed by atoms with Gasteiger partial charge in [0.15, 0.2) is 11.5 Å². The van der Waals surface area contributed by atoms with Crippen LogP contribution >= 0.6 is 15.9 Å². The standard InChI is InChI=1S/C14H12BrNO5/c1-8(17)21-13-11(15)5-9(6-12(13)19-2)4-10(7-16)14(18)20-3/h4-6H,1-3H3. The highest BCUT2D eigenvalue weighted by Crippen LogP contribution is 2.37. The van der Waals surface area contributed by atoms with Crippen LogP contribution in [-0.2, 0) is 14.3 Å². The molecule has 0 radical (unpaired) electrons. The maximum Gasteiger partial charge on any atom is 0.348 e. The third-order valence-electron chi connectivity index (χ3n) is 2.33. The van der Waals surface area contributed by atoms with E-state index in [1.54, 1.807) is 12.1 Å². The Balaban J connectivity index is 3.32. The van der Waals surface area contributed by atoms with Crippen LogP contribution in [0.4, 0.5) is 0 Å². The van der Waals surface area contributed by atoms with Crippen molar-refractivity contribution in [3.8, 4) is 17.6 Å². The molecule has 0 aliphatic heterocycles. The number of nitrogens with zero attached hydrogens (tertiary/aromatic N) is 1. The Morgan fingerprint density at radius 1 is 1.33 bits per heavy atom. The molecule has 0 saturated heterocycles. The highest BCUT2D eigenvalue weighted by Gasteiger charge is 2.15. The van der Waals surface area contributed by atoms with Crippen LogP contribution in [0.15, 0.2) is 22.2 Å². The smallest absolute Gasteiger partial charge is 0.348 e. The molecule has 0 spiro atoms. The number of rotatable bonds is 4. The lowest BCUT2D eigenvalue weighted by Crippen LogP contribution is -2.04. The fourth-order valence-electron chi connectivity index (χ4n) is 1.48. The number of nitriles is 1. The van der Waals surface area contributed by atoms with E-state index in [-0.39, 0.29) is 17.1 Å². The monoisotopic (exact) mass is 353 g/mol. The van der Waals surface area contributed by atoms with Gasteiger partial charge in [0, 0.05) is 6.92 Å². The molecule has 0 unspecified atom stereocenters. The molecule has 1 aromatic carbocycles. The van der Waals surface area contributed by atoms with E-state index in [4.69, 9.17) is 14.7 Å². The lowest BCUT2D eigenvalue weighted by molar-refractivity contribution is -0.135. The summed E-state index contributed by atoms with van der Waals surface area (Å²) in [5, 5.41) is 8.93. The molecular formula is C14H12BrNO5. The van der Waals surface area contributed by atoms with Crippen molar-refractivity contribution in [3.05, 3.63) is 27.7 Å².